The molecule has 0 bridgehead atoms. The summed E-state index contributed by atoms with van der Waals surface area (Å²) in [4.78, 5) is 68.9. The van der Waals surface area contributed by atoms with Crippen LogP contribution in [0, 0.1) is 0 Å². The molecule has 0 aliphatic heterocycles. The van der Waals surface area contributed by atoms with Crippen LogP contribution in [0.25, 0.3) is 0 Å². The maximum absolute atomic E-state index is 12.4. The first-order valence-electron chi connectivity index (χ1n) is 7.95. The molecule has 0 aromatic rings. The summed E-state index contributed by atoms with van der Waals surface area (Å²) in [6, 6.07) is -4.29. The molecule has 4 amide bonds. The normalized spacial score (nSPS) is 13.5. The second-order valence-corrected chi connectivity index (χ2v) is 5.94. The molecule has 13 nitrogen and oxygen atoms in total. The second-order valence-electron chi connectivity index (χ2n) is 5.57. The van der Waals surface area contributed by atoms with E-state index in [2.05, 4.69) is 28.6 Å². The quantitative estimate of drug-likeness (QED) is 0.136. The largest absolute Gasteiger partial charge is 0.481 e. The maximum Gasteiger partial charge on any atom is 0.327 e. The van der Waals surface area contributed by atoms with E-state index < -0.39 is 73.1 Å². The van der Waals surface area contributed by atoms with Gasteiger partial charge in [-0.1, -0.05) is 0 Å². The lowest BCUT2D eigenvalue weighted by atomic mass is 10.1. The zero-order valence-corrected chi connectivity index (χ0v) is 15.6. The first kappa shape index (κ1) is 25.1. The number of nitrogens with two attached hydrogens (primary N) is 2. The number of rotatable bonds is 13. The Hall–Kier alpha value is -2.87. The maximum atomic E-state index is 12.4. The standard InChI is InChI=1S/C14H23N5O8S/c15-4-10(21)17-6(1-2-11(22)23)12(24)18-7(3-9(16)20)13(25)19-8(5-28)14(26)27/h6-8,28H,1-5,15H2,(H2,16,20)(H,17,21)(H,18,24)(H,19,25)(H,22,23)(H,26,27). The van der Waals surface area contributed by atoms with Crippen molar-refractivity contribution in [2.75, 3.05) is 12.3 Å². The minimum Gasteiger partial charge on any atom is -0.481 e. The first-order valence-corrected chi connectivity index (χ1v) is 8.59. The van der Waals surface area contributed by atoms with Crippen LogP contribution < -0.4 is 27.4 Å². The van der Waals surface area contributed by atoms with E-state index in [-0.39, 0.29) is 12.2 Å². The molecular formula is C14H23N5O8S. The van der Waals surface area contributed by atoms with Crippen molar-refractivity contribution in [2.45, 2.75) is 37.4 Å². The molecule has 0 saturated carbocycles. The number of aliphatic carboxylic acids is 2. The lowest BCUT2D eigenvalue weighted by molar-refractivity contribution is -0.141. The number of amides is 4. The third-order valence-corrected chi connectivity index (χ3v) is 3.68. The zero-order chi connectivity index (χ0) is 21.9. The van der Waals surface area contributed by atoms with Gasteiger partial charge in [-0.25, -0.2) is 4.79 Å². The molecule has 0 aliphatic rings. The summed E-state index contributed by atoms with van der Waals surface area (Å²) in [5.41, 5.74) is 10.2. The van der Waals surface area contributed by atoms with Gasteiger partial charge in [-0.3, -0.25) is 24.0 Å². The van der Waals surface area contributed by atoms with Gasteiger partial charge in [0.2, 0.25) is 23.6 Å². The fourth-order valence-corrected chi connectivity index (χ4v) is 2.18. The van der Waals surface area contributed by atoms with Crippen molar-refractivity contribution in [3.8, 4) is 0 Å². The Balaban J connectivity index is 5.32. The average molecular weight is 421 g/mol. The van der Waals surface area contributed by atoms with E-state index in [0.717, 1.165) is 0 Å². The van der Waals surface area contributed by atoms with E-state index in [9.17, 15) is 28.8 Å². The summed E-state index contributed by atoms with van der Waals surface area (Å²) >= 11 is 3.78. The summed E-state index contributed by atoms with van der Waals surface area (Å²) < 4.78 is 0. The summed E-state index contributed by atoms with van der Waals surface area (Å²) in [5, 5.41) is 24.1. The molecule has 0 aliphatic carbocycles. The van der Waals surface area contributed by atoms with Crippen LogP contribution >= 0.6 is 12.6 Å². The molecule has 158 valence electrons. The molecule has 9 N–H and O–H groups in total. The Kier molecular flexibility index (Phi) is 11.2. The molecule has 3 unspecified atom stereocenters. The highest BCUT2D eigenvalue weighted by Crippen LogP contribution is 2.02. The van der Waals surface area contributed by atoms with Gasteiger partial charge < -0.3 is 37.6 Å². The van der Waals surface area contributed by atoms with E-state index >= 15 is 0 Å². The lowest BCUT2D eigenvalue weighted by Gasteiger charge is -2.23. The van der Waals surface area contributed by atoms with Crippen LogP contribution in [0.3, 0.4) is 0 Å². The Morgan fingerprint density at radius 2 is 1.43 bits per heavy atom. The molecule has 3 atom stereocenters. The highest BCUT2D eigenvalue weighted by Gasteiger charge is 2.30. The minimum atomic E-state index is -1.55. The van der Waals surface area contributed by atoms with Crippen LogP contribution in [0.15, 0.2) is 0 Å². The number of hydrogen-bond acceptors (Lipinski definition) is 8. The monoisotopic (exact) mass is 421 g/mol. The highest BCUT2D eigenvalue weighted by molar-refractivity contribution is 7.80. The van der Waals surface area contributed by atoms with Crippen molar-refractivity contribution >= 4 is 48.2 Å². The van der Waals surface area contributed by atoms with Crippen LogP contribution in [0.4, 0.5) is 0 Å². The molecule has 0 aromatic heterocycles. The molecular weight excluding hydrogens is 398 g/mol. The number of carboxylic acid groups (broad SMARTS) is 2. The topological polar surface area (TPSA) is 231 Å². The molecule has 0 saturated heterocycles. The number of carbonyl (C=O) groups excluding carboxylic acids is 4. The number of carbonyl (C=O) groups is 6. The van der Waals surface area contributed by atoms with Crippen LogP contribution in [0.1, 0.15) is 19.3 Å². The number of carboxylic acids is 2. The molecule has 0 spiro atoms. The average Bonchev–Trinajstić information content (AvgIpc) is 2.60. The van der Waals surface area contributed by atoms with Gasteiger partial charge in [0.05, 0.1) is 13.0 Å². The molecule has 28 heavy (non-hydrogen) atoms. The lowest BCUT2D eigenvalue weighted by Crippen LogP contribution is -2.57. The van der Waals surface area contributed by atoms with Crippen molar-refractivity contribution in [2.24, 2.45) is 11.5 Å². The van der Waals surface area contributed by atoms with Crippen LogP contribution in [-0.4, -0.2) is 76.2 Å². The molecule has 14 heteroatoms. The number of primary amides is 1. The fourth-order valence-electron chi connectivity index (χ4n) is 1.93. The van der Waals surface area contributed by atoms with Gasteiger partial charge in [0.25, 0.3) is 0 Å². The van der Waals surface area contributed by atoms with E-state index in [4.69, 9.17) is 21.7 Å². The van der Waals surface area contributed by atoms with Crippen LogP contribution in [-0.2, 0) is 28.8 Å². The minimum absolute atomic E-state index is 0.258. The predicted molar refractivity (Wildman–Crippen MR) is 97.0 cm³/mol. The Bertz CT molecular complexity index is 629. The van der Waals surface area contributed by atoms with Gasteiger partial charge in [0.15, 0.2) is 0 Å². The Morgan fingerprint density at radius 3 is 1.86 bits per heavy atom. The van der Waals surface area contributed by atoms with Gasteiger partial charge >= 0.3 is 11.9 Å². The highest BCUT2D eigenvalue weighted by atomic mass is 32.1. The third kappa shape index (κ3) is 9.72. The zero-order valence-electron chi connectivity index (χ0n) is 14.7. The SMILES string of the molecule is NCC(=O)NC(CCC(=O)O)C(=O)NC(CC(N)=O)C(=O)NC(CS)C(=O)O. The van der Waals surface area contributed by atoms with Crippen molar-refractivity contribution in [1.82, 2.24) is 16.0 Å². The van der Waals surface area contributed by atoms with E-state index in [0.29, 0.717) is 0 Å². The summed E-state index contributed by atoms with van der Waals surface area (Å²) in [6.07, 6.45) is -1.45. The van der Waals surface area contributed by atoms with Gasteiger partial charge in [0.1, 0.15) is 18.1 Å². The molecule has 0 fully saturated rings. The molecule has 0 rings (SSSR count). The van der Waals surface area contributed by atoms with Gasteiger partial charge in [0, 0.05) is 12.2 Å². The molecule has 0 radical (unpaired) electrons. The van der Waals surface area contributed by atoms with Gasteiger partial charge in [-0.2, -0.15) is 12.6 Å². The van der Waals surface area contributed by atoms with Gasteiger partial charge in [-0.05, 0) is 6.42 Å². The number of hydrogen-bond donors (Lipinski definition) is 8. The van der Waals surface area contributed by atoms with Crippen LogP contribution in [0.5, 0.6) is 0 Å². The summed E-state index contributed by atoms with van der Waals surface area (Å²) in [5.74, 6) is -6.58. The third-order valence-electron chi connectivity index (χ3n) is 3.32. The Labute approximate surface area is 165 Å². The summed E-state index contributed by atoms with van der Waals surface area (Å²) in [7, 11) is 0. The van der Waals surface area contributed by atoms with Crippen LogP contribution in [0.2, 0.25) is 0 Å². The first-order chi connectivity index (χ1) is 13.0. The molecule has 0 heterocycles. The van der Waals surface area contributed by atoms with E-state index in [1.807, 2.05) is 0 Å². The van der Waals surface area contributed by atoms with Crippen molar-refractivity contribution in [3.63, 3.8) is 0 Å². The second kappa shape index (κ2) is 12.5. The summed E-state index contributed by atoms with van der Waals surface area (Å²) in [6.45, 7) is -0.468. The van der Waals surface area contributed by atoms with Crippen molar-refractivity contribution in [3.05, 3.63) is 0 Å². The Morgan fingerprint density at radius 1 is 0.893 bits per heavy atom. The number of thiol groups is 1. The number of nitrogens with one attached hydrogen (secondary N) is 3. The van der Waals surface area contributed by atoms with Crippen molar-refractivity contribution in [1.29, 1.82) is 0 Å². The van der Waals surface area contributed by atoms with Gasteiger partial charge in [-0.15, -0.1) is 0 Å². The van der Waals surface area contributed by atoms with E-state index in [1.165, 1.54) is 0 Å². The smallest absolute Gasteiger partial charge is 0.327 e. The van der Waals surface area contributed by atoms with E-state index in [1.54, 1.807) is 0 Å². The fraction of sp³-hybridized carbons (Fsp3) is 0.571. The van der Waals surface area contributed by atoms with Crippen molar-refractivity contribution < 1.29 is 39.0 Å². The molecule has 0 aromatic carbocycles. The predicted octanol–water partition coefficient (Wildman–Crippen LogP) is -3.85.